The third-order valence-electron chi connectivity index (χ3n) is 0.305. The van der Waals surface area contributed by atoms with Gasteiger partial charge in [0.15, 0.2) is 0 Å². The molecule has 0 aromatic carbocycles. The van der Waals surface area contributed by atoms with Crippen molar-refractivity contribution in [3.8, 4) is 0 Å². The van der Waals surface area contributed by atoms with Crippen molar-refractivity contribution in [2.24, 2.45) is 0 Å². The number of halogens is 3. The molecule has 0 saturated carbocycles. The van der Waals surface area contributed by atoms with Gasteiger partial charge in [0.2, 0.25) is 0 Å². The van der Waals surface area contributed by atoms with Crippen LogP contribution in [0.1, 0.15) is 0 Å². The zero-order valence-electron chi connectivity index (χ0n) is 3.71. The van der Waals surface area contributed by atoms with Gasteiger partial charge < -0.3 is 0 Å². The van der Waals surface area contributed by atoms with Gasteiger partial charge in [0.05, 0.1) is 11.7 Å². The van der Waals surface area contributed by atoms with Gasteiger partial charge in [-0.2, -0.15) is 21.6 Å². The third-order valence-corrected chi connectivity index (χ3v) is 1.61. The molecule has 0 rings (SSSR count). The summed E-state index contributed by atoms with van der Waals surface area (Å²) in [5, 5.41) is 0. The van der Waals surface area contributed by atoms with Gasteiger partial charge in [0, 0.05) is 0 Å². The molecule has 0 aliphatic rings. The summed E-state index contributed by atoms with van der Waals surface area (Å²) in [6.45, 7) is 0. The summed E-state index contributed by atoms with van der Waals surface area (Å²) in [7, 11) is -5.03. The zero-order valence-corrected chi connectivity index (χ0v) is 8.07. The molecule has 0 saturated heterocycles. The maximum atomic E-state index is 10.9. The van der Waals surface area contributed by atoms with Gasteiger partial charge >= 0.3 is 34.2 Å². The van der Waals surface area contributed by atoms with E-state index in [-0.39, 0.29) is 19.8 Å². The topological polar surface area (TPSA) is 34.1 Å². The Labute approximate surface area is 67.6 Å². The second-order valence-corrected chi connectivity index (χ2v) is 4.03. The van der Waals surface area contributed by atoms with E-state index in [1.54, 1.807) is 0 Å². The number of rotatable bonds is 0. The van der Waals surface area contributed by atoms with Gasteiger partial charge in [0.1, 0.15) is 0 Å². The van der Waals surface area contributed by atoms with E-state index in [0.717, 1.165) is 0 Å². The zero-order chi connectivity index (χ0) is 7.00. The van der Waals surface area contributed by atoms with Crippen molar-refractivity contribution in [1.82, 2.24) is 0 Å². The molecule has 2 nitrogen and oxygen atoms in total. The molecule has 0 aromatic rings. The molecule has 0 spiro atoms. The largest absolute Gasteiger partial charge is 4.00 e. The Balaban J connectivity index is 0. The quantitative estimate of drug-likeness (QED) is 0.446. The smallest absolute Gasteiger partial charge is 0.168 e. The Morgan fingerprint density at radius 2 is 1.33 bits per heavy atom. The van der Waals surface area contributed by atoms with E-state index >= 15 is 0 Å². The molecule has 0 atom stereocenters. The predicted molar refractivity (Wildman–Crippen MR) is 25.1 cm³/mol. The Hall–Kier alpha value is 0.726. The molecule has 0 heterocycles. The fourth-order valence-electron chi connectivity index (χ4n) is 0. The molecule has 0 bridgehead atoms. The van der Waals surface area contributed by atoms with Crippen molar-refractivity contribution < 1.29 is 41.4 Å². The SMILES string of the molecule is O=S(=O)([SH2+])C(F)(F)F.[Os+4]. The maximum Gasteiger partial charge on any atom is 4.00 e. The van der Waals surface area contributed by atoms with Crippen LogP contribution in [0.15, 0.2) is 0 Å². The van der Waals surface area contributed by atoms with Crippen LogP contribution in [-0.2, 0) is 40.3 Å². The summed E-state index contributed by atoms with van der Waals surface area (Å²) in [5.74, 6) is 0. The van der Waals surface area contributed by atoms with Crippen LogP contribution in [0.25, 0.3) is 0 Å². The van der Waals surface area contributed by atoms with E-state index in [1.807, 2.05) is 0 Å². The van der Waals surface area contributed by atoms with Gasteiger partial charge in [0.25, 0.3) is 0 Å². The van der Waals surface area contributed by atoms with Crippen LogP contribution in [0.3, 0.4) is 0 Å². The van der Waals surface area contributed by atoms with Gasteiger partial charge in [-0.3, -0.25) is 0 Å². The van der Waals surface area contributed by atoms with Crippen molar-refractivity contribution in [1.29, 1.82) is 0 Å². The average molecular weight is 357 g/mol. The summed E-state index contributed by atoms with van der Waals surface area (Å²) in [6.07, 6.45) is 0. The van der Waals surface area contributed by atoms with Crippen LogP contribution in [0.2, 0.25) is 0 Å². The standard InChI is InChI=1S/CHF3O2S2.Os/c2-1(3,4)8(5,6)7;/h(H,5,6,7);/q;+4/p+1. The molecule has 0 radical (unpaired) electrons. The van der Waals surface area contributed by atoms with Crippen LogP contribution in [0, 0.1) is 0 Å². The Kier molecular flexibility index (Phi) is 4.43. The van der Waals surface area contributed by atoms with Crippen molar-refractivity contribution in [2.75, 3.05) is 0 Å². The normalized spacial score (nSPS) is 12.4. The van der Waals surface area contributed by atoms with Crippen molar-refractivity contribution in [2.45, 2.75) is 5.51 Å². The molecular weight excluding hydrogens is 355 g/mol. The molecule has 8 heteroatoms. The van der Waals surface area contributed by atoms with Crippen LogP contribution >= 0.6 is 0 Å². The van der Waals surface area contributed by atoms with E-state index in [0.29, 0.717) is 0 Å². The number of alkyl halides is 3. The first-order valence-corrected chi connectivity index (χ1v) is 4.02. The van der Waals surface area contributed by atoms with Crippen molar-refractivity contribution in [3.05, 3.63) is 0 Å². The summed E-state index contributed by atoms with van der Waals surface area (Å²) >= 11 is 1.50. The first-order chi connectivity index (χ1) is 3.25. The van der Waals surface area contributed by atoms with E-state index < -0.39 is 14.4 Å². The maximum absolute atomic E-state index is 10.9. The molecule has 0 aliphatic heterocycles. The predicted octanol–water partition coefficient (Wildman–Crippen LogP) is -0.155. The van der Waals surface area contributed by atoms with E-state index in [4.69, 9.17) is 0 Å². The summed E-state index contributed by atoms with van der Waals surface area (Å²) in [4.78, 5) is 0. The summed E-state index contributed by atoms with van der Waals surface area (Å²) < 4.78 is 51.7. The number of hydrogen-bond acceptors (Lipinski definition) is 2. The fourth-order valence-corrected chi connectivity index (χ4v) is 0. The van der Waals surface area contributed by atoms with E-state index in [2.05, 4.69) is 0 Å². The Bertz CT molecular complexity index is 169. The van der Waals surface area contributed by atoms with Crippen LogP contribution in [0.4, 0.5) is 13.2 Å². The van der Waals surface area contributed by atoms with Gasteiger partial charge in [-0.05, 0) is 0 Å². The minimum Gasteiger partial charge on any atom is -0.168 e. The fraction of sp³-hybridized carbons (Fsp3) is 1.00. The van der Waals surface area contributed by atoms with Crippen LogP contribution in [0.5, 0.6) is 0 Å². The average Bonchev–Trinajstić information content (AvgIpc) is 1.25. The molecule has 0 amide bonds. The molecule has 0 unspecified atom stereocenters. The second-order valence-electron chi connectivity index (χ2n) is 0.949. The van der Waals surface area contributed by atoms with Gasteiger partial charge in [-0.1, -0.05) is 0 Å². The third kappa shape index (κ3) is 4.17. The molecule has 0 fully saturated rings. The molecular formula is CH2F3O2OsS2+5. The monoisotopic (exact) mass is 359 g/mol. The Morgan fingerprint density at radius 1 is 1.22 bits per heavy atom. The summed E-state index contributed by atoms with van der Waals surface area (Å²) in [5.41, 5.74) is -5.18. The minimum absolute atomic E-state index is 0. The van der Waals surface area contributed by atoms with Gasteiger partial charge in [-0.25, -0.2) is 0 Å². The molecule has 0 aliphatic carbocycles. The summed E-state index contributed by atoms with van der Waals surface area (Å²) in [6, 6.07) is 0. The van der Waals surface area contributed by atoms with Gasteiger partial charge in [-0.15, -0.1) is 0 Å². The molecule has 0 aromatic heterocycles. The van der Waals surface area contributed by atoms with Crippen molar-refractivity contribution >= 4 is 20.5 Å². The number of hydrogen-bond donors (Lipinski definition) is 0. The molecule has 54 valence electrons. The van der Waals surface area contributed by atoms with Crippen LogP contribution in [-0.4, -0.2) is 13.9 Å². The first-order valence-electron chi connectivity index (χ1n) is 1.31. The first kappa shape index (κ1) is 12.4. The van der Waals surface area contributed by atoms with Crippen molar-refractivity contribution in [3.63, 3.8) is 0 Å². The van der Waals surface area contributed by atoms with E-state index in [1.165, 1.54) is 11.7 Å². The second kappa shape index (κ2) is 3.22. The van der Waals surface area contributed by atoms with E-state index in [9.17, 15) is 21.6 Å². The van der Waals surface area contributed by atoms with Crippen LogP contribution < -0.4 is 0 Å². The molecule has 0 N–H and O–H groups in total. The minimum atomic E-state index is -5.18. The molecule has 9 heavy (non-hydrogen) atoms. The Morgan fingerprint density at radius 3 is 1.33 bits per heavy atom.